The Balaban J connectivity index is 1.66. The van der Waals surface area contributed by atoms with E-state index in [9.17, 15) is 4.79 Å². The molecule has 0 unspecified atom stereocenters. The minimum atomic E-state index is -0.221. The van der Waals surface area contributed by atoms with Crippen LogP contribution in [0.4, 0.5) is 5.82 Å². The van der Waals surface area contributed by atoms with Crippen LogP contribution < -0.4 is 5.32 Å². The van der Waals surface area contributed by atoms with E-state index in [4.69, 9.17) is 0 Å². The number of nitrogens with zero attached hydrogens (tertiary/aromatic N) is 4. The van der Waals surface area contributed by atoms with Crippen molar-refractivity contribution in [3.05, 3.63) is 65.8 Å². The molecule has 0 fully saturated rings. The number of carbonyl (C=O) groups excluding carboxylic acids is 1. The van der Waals surface area contributed by atoms with Crippen molar-refractivity contribution in [3.8, 4) is 10.6 Å². The Morgan fingerprint density at radius 3 is 2.56 bits per heavy atom. The average molecular weight is 347 g/mol. The quantitative estimate of drug-likeness (QED) is 0.611. The third-order valence-electron chi connectivity index (χ3n) is 3.66. The van der Waals surface area contributed by atoms with Crippen LogP contribution in [0, 0.1) is 6.92 Å². The van der Waals surface area contributed by atoms with Crippen LogP contribution in [0.1, 0.15) is 15.4 Å². The Morgan fingerprint density at radius 2 is 1.80 bits per heavy atom. The number of amides is 1. The van der Waals surface area contributed by atoms with E-state index < -0.39 is 0 Å². The molecule has 0 aliphatic carbocycles. The minimum Gasteiger partial charge on any atom is -0.307 e. The van der Waals surface area contributed by atoms with Gasteiger partial charge in [-0.2, -0.15) is 0 Å². The molecule has 0 aromatic carbocycles. The van der Waals surface area contributed by atoms with Crippen LogP contribution in [0.25, 0.3) is 21.3 Å². The van der Waals surface area contributed by atoms with Gasteiger partial charge in [0.25, 0.3) is 5.91 Å². The summed E-state index contributed by atoms with van der Waals surface area (Å²) in [7, 11) is 0. The molecule has 0 saturated carbocycles. The zero-order valence-electron chi connectivity index (χ0n) is 13.3. The Labute approximate surface area is 147 Å². The molecule has 0 bridgehead atoms. The van der Waals surface area contributed by atoms with Gasteiger partial charge in [0, 0.05) is 41.9 Å². The second-order valence-corrected chi connectivity index (χ2v) is 6.65. The highest BCUT2D eigenvalue weighted by atomic mass is 32.1. The number of aromatic nitrogens is 4. The number of fused-ring (bicyclic) bond motifs is 1. The minimum absolute atomic E-state index is 0.221. The molecule has 1 N–H and O–H groups in total. The first-order valence-electron chi connectivity index (χ1n) is 7.59. The fourth-order valence-corrected chi connectivity index (χ4v) is 3.16. The number of rotatable bonds is 3. The lowest BCUT2D eigenvalue weighted by molar-refractivity contribution is 0.102. The Morgan fingerprint density at radius 1 is 1.00 bits per heavy atom. The van der Waals surface area contributed by atoms with Gasteiger partial charge in [-0.05, 0) is 36.6 Å². The molecular weight excluding hydrogens is 334 g/mol. The van der Waals surface area contributed by atoms with E-state index in [0.717, 1.165) is 26.4 Å². The van der Waals surface area contributed by atoms with Crippen LogP contribution in [0.15, 0.2) is 55.2 Å². The normalized spacial score (nSPS) is 10.8. The summed E-state index contributed by atoms with van der Waals surface area (Å²) < 4.78 is 0. The number of pyridine rings is 3. The van der Waals surface area contributed by atoms with Gasteiger partial charge < -0.3 is 5.32 Å². The number of hydrogen-bond acceptors (Lipinski definition) is 6. The molecule has 7 heteroatoms. The van der Waals surface area contributed by atoms with E-state index in [1.54, 1.807) is 48.3 Å². The zero-order chi connectivity index (χ0) is 17.2. The number of hydrogen-bond donors (Lipinski definition) is 1. The van der Waals surface area contributed by atoms with Crippen LogP contribution in [-0.4, -0.2) is 25.8 Å². The monoisotopic (exact) mass is 347 g/mol. The van der Waals surface area contributed by atoms with Crippen molar-refractivity contribution in [1.82, 2.24) is 19.9 Å². The lowest BCUT2D eigenvalue weighted by Crippen LogP contribution is -2.12. The molecule has 122 valence electrons. The molecule has 0 aliphatic rings. The van der Waals surface area contributed by atoms with Gasteiger partial charge in [-0.1, -0.05) is 0 Å². The largest absolute Gasteiger partial charge is 0.307 e. The van der Waals surface area contributed by atoms with Crippen LogP contribution in [0.5, 0.6) is 0 Å². The molecule has 0 spiro atoms. The van der Waals surface area contributed by atoms with Crippen molar-refractivity contribution < 1.29 is 4.79 Å². The molecular formula is C18H13N5OS. The fourth-order valence-electron chi connectivity index (χ4n) is 2.41. The first kappa shape index (κ1) is 15.3. The van der Waals surface area contributed by atoms with E-state index in [1.807, 2.05) is 25.3 Å². The number of aryl methyl sites for hydroxylation is 1. The third kappa shape index (κ3) is 3.22. The summed E-state index contributed by atoms with van der Waals surface area (Å²) in [6.45, 7) is 1.96. The van der Waals surface area contributed by atoms with Crippen molar-refractivity contribution in [2.75, 3.05) is 5.32 Å². The number of anilines is 1. The summed E-state index contributed by atoms with van der Waals surface area (Å²) >= 11 is 1.60. The number of thiazole rings is 1. The van der Waals surface area contributed by atoms with Gasteiger partial charge in [0.15, 0.2) is 0 Å². The van der Waals surface area contributed by atoms with Gasteiger partial charge in [-0.3, -0.25) is 14.8 Å². The Kier molecular flexibility index (Phi) is 3.91. The third-order valence-corrected chi connectivity index (χ3v) is 4.60. The van der Waals surface area contributed by atoms with Crippen molar-refractivity contribution in [2.24, 2.45) is 0 Å². The zero-order valence-corrected chi connectivity index (χ0v) is 14.1. The molecule has 0 radical (unpaired) electrons. The van der Waals surface area contributed by atoms with Gasteiger partial charge in [-0.25, -0.2) is 9.97 Å². The molecule has 0 atom stereocenters. The van der Waals surface area contributed by atoms with Crippen molar-refractivity contribution in [2.45, 2.75) is 6.92 Å². The van der Waals surface area contributed by atoms with Crippen molar-refractivity contribution >= 4 is 33.8 Å². The molecule has 0 aliphatic heterocycles. The van der Waals surface area contributed by atoms with Crippen LogP contribution in [0.2, 0.25) is 0 Å². The highest BCUT2D eigenvalue weighted by molar-refractivity contribution is 7.15. The summed E-state index contributed by atoms with van der Waals surface area (Å²) in [6.07, 6.45) is 8.46. The number of nitrogens with one attached hydrogen (secondary N) is 1. The first-order valence-corrected chi connectivity index (χ1v) is 8.41. The molecule has 4 heterocycles. The van der Waals surface area contributed by atoms with Crippen LogP contribution in [0.3, 0.4) is 0 Å². The summed E-state index contributed by atoms with van der Waals surface area (Å²) in [5, 5.41) is 5.67. The summed E-state index contributed by atoms with van der Waals surface area (Å²) in [4.78, 5) is 30.2. The maximum Gasteiger partial charge on any atom is 0.256 e. The lowest BCUT2D eigenvalue weighted by Gasteiger charge is -2.06. The molecule has 1 amide bonds. The predicted molar refractivity (Wildman–Crippen MR) is 97.6 cm³/mol. The Hall–Kier alpha value is -3.19. The van der Waals surface area contributed by atoms with E-state index in [1.165, 1.54) is 0 Å². The van der Waals surface area contributed by atoms with Gasteiger partial charge in [-0.15, -0.1) is 11.3 Å². The second kappa shape index (κ2) is 6.37. The highest BCUT2D eigenvalue weighted by Crippen LogP contribution is 2.27. The molecule has 4 aromatic rings. The van der Waals surface area contributed by atoms with E-state index in [0.29, 0.717) is 11.4 Å². The predicted octanol–water partition coefficient (Wildman–Crippen LogP) is 3.71. The summed E-state index contributed by atoms with van der Waals surface area (Å²) in [6, 6.07) is 7.13. The van der Waals surface area contributed by atoms with Crippen LogP contribution >= 0.6 is 11.3 Å². The van der Waals surface area contributed by atoms with E-state index in [-0.39, 0.29) is 5.91 Å². The van der Waals surface area contributed by atoms with Crippen molar-refractivity contribution in [3.63, 3.8) is 0 Å². The Bertz CT molecular complexity index is 1060. The van der Waals surface area contributed by atoms with E-state index >= 15 is 0 Å². The summed E-state index contributed by atoms with van der Waals surface area (Å²) in [5.74, 6) is 0.272. The van der Waals surface area contributed by atoms with Crippen molar-refractivity contribution in [1.29, 1.82) is 0 Å². The fraction of sp³-hybridized carbons (Fsp3) is 0.0556. The summed E-state index contributed by atoms with van der Waals surface area (Å²) in [5.41, 5.74) is 1.39. The standard InChI is InChI=1S/C18H13N5OS/c1-11-20-10-16(25-11)15-6-13-7-17(22-9-14(13)8-21-15)23-18(24)12-2-4-19-5-3-12/h2-10H,1H3,(H,22,23,24). The highest BCUT2D eigenvalue weighted by Gasteiger charge is 2.09. The van der Waals surface area contributed by atoms with Gasteiger partial charge >= 0.3 is 0 Å². The molecule has 25 heavy (non-hydrogen) atoms. The average Bonchev–Trinajstić information content (AvgIpc) is 3.08. The molecule has 4 rings (SSSR count). The topological polar surface area (TPSA) is 80.7 Å². The van der Waals surface area contributed by atoms with Gasteiger partial charge in [0.1, 0.15) is 5.82 Å². The first-order chi connectivity index (χ1) is 12.2. The second-order valence-electron chi connectivity index (χ2n) is 5.42. The van der Waals surface area contributed by atoms with Crippen LogP contribution in [-0.2, 0) is 0 Å². The number of carbonyl (C=O) groups is 1. The van der Waals surface area contributed by atoms with Gasteiger partial charge in [0.05, 0.1) is 15.6 Å². The molecule has 6 nitrogen and oxygen atoms in total. The molecule has 0 saturated heterocycles. The van der Waals surface area contributed by atoms with E-state index in [2.05, 4.69) is 25.3 Å². The SMILES string of the molecule is Cc1ncc(-c2cc3cc(NC(=O)c4ccncc4)ncc3cn2)s1. The maximum atomic E-state index is 12.2. The lowest BCUT2D eigenvalue weighted by atomic mass is 10.2. The maximum absolute atomic E-state index is 12.2. The smallest absolute Gasteiger partial charge is 0.256 e. The molecule has 4 aromatic heterocycles. The van der Waals surface area contributed by atoms with Gasteiger partial charge in [0.2, 0.25) is 0 Å².